The van der Waals surface area contributed by atoms with Gasteiger partial charge in [0.15, 0.2) is 0 Å². The van der Waals surface area contributed by atoms with Gasteiger partial charge in [-0.25, -0.2) is 4.98 Å². The van der Waals surface area contributed by atoms with Crippen LogP contribution in [0.2, 0.25) is 0 Å². The SMILES string of the molecule is CC(C)c1cccc2c(N(C)C3CC3)nccc12. The number of anilines is 1. The Morgan fingerprint density at radius 3 is 2.61 bits per heavy atom. The van der Waals surface area contributed by atoms with E-state index < -0.39 is 0 Å². The summed E-state index contributed by atoms with van der Waals surface area (Å²) in [5.41, 5.74) is 1.42. The van der Waals surface area contributed by atoms with E-state index in [1.165, 1.54) is 29.2 Å². The van der Waals surface area contributed by atoms with Gasteiger partial charge in [-0.1, -0.05) is 32.0 Å². The molecule has 3 rings (SSSR count). The zero-order valence-corrected chi connectivity index (χ0v) is 11.4. The highest BCUT2D eigenvalue weighted by Crippen LogP contribution is 2.35. The van der Waals surface area contributed by atoms with Crippen molar-refractivity contribution in [3.8, 4) is 0 Å². The van der Waals surface area contributed by atoms with E-state index in [2.05, 4.69) is 55.0 Å². The smallest absolute Gasteiger partial charge is 0.136 e. The van der Waals surface area contributed by atoms with Crippen molar-refractivity contribution in [2.45, 2.75) is 38.6 Å². The predicted octanol–water partition coefficient (Wildman–Crippen LogP) is 3.96. The van der Waals surface area contributed by atoms with E-state index in [1.54, 1.807) is 0 Å². The van der Waals surface area contributed by atoms with Gasteiger partial charge < -0.3 is 4.90 Å². The lowest BCUT2D eigenvalue weighted by molar-refractivity contribution is 0.874. The summed E-state index contributed by atoms with van der Waals surface area (Å²) in [6.45, 7) is 4.50. The van der Waals surface area contributed by atoms with Crippen LogP contribution in [0, 0.1) is 0 Å². The van der Waals surface area contributed by atoms with Crippen LogP contribution < -0.4 is 4.90 Å². The van der Waals surface area contributed by atoms with E-state index in [0.29, 0.717) is 12.0 Å². The van der Waals surface area contributed by atoms with E-state index in [-0.39, 0.29) is 0 Å². The summed E-state index contributed by atoms with van der Waals surface area (Å²) in [4.78, 5) is 6.93. The topological polar surface area (TPSA) is 16.1 Å². The van der Waals surface area contributed by atoms with Gasteiger partial charge in [0.1, 0.15) is 5.82 Å². The normalized spacial score (nSPS) is 15.3. The lowest BCUT2D eigenvalue weighted by Crippen LogP contribution is -2.20. The summed E-state index contributed by atoms with van der Waals surface area (Å²) in [6.07, 6.45) is 4.55. The molecule has 0 atom stereocenters. The number of rotatable bonds is 3. The molecular formula is C16H20N2. The summed E-state index contributed by atoms with van der Waals surface area (Å²) in [5.74, 6) is 1.69. The molecule has 94 valence electrons. The average Bonchev–Trinajstić information content (AvgIpc) is 3.20. The predicted molar refractivity (Wildman–Crippen MR) is 77.3 cm³/mol. The molecule has 0 unspecified atom stereocenters. The van der Waals surface area contributed by atoms with Crippen LogP contribution in [-0.2, 0) is 0 Å². The second-order valence-corrected chi connectivity index (χ2v) is 5.57. The Hall–Kier alpha value is -1.57. The van der Waals surface area contributed by atoms with Crippen LogP contribution in [0.5, 0.6) is 0 Å². The third-order valence-electron chi connectivity index (χ3n) is 3.87. The maximum Gasteiger partial charge on any atom is 0.136 e. The summed E-state index contributed by atoms with van der Waals surface area (Å²) >= 11 is 0. The quantitative estimate of drug-likeness (QED) is 0.807. The molecular weight excluding hydrogens is 220 g/mol. The summed E-state index contributed by atoms with van der Waals surface area (Å²) < 4.78 is 0. The van der Waals surface area contributed by atoms with Crippen molar-refractivity contribution < 1.29 is 0 Å². The van der Waals surface area contributed by atoms with Gasteiger partial charge in [-0.2, -0.15) is 0 Å². The number of benzene rings is 1. The average molecular weight is 240 g/mol. The Balaban J connectivity index is 2.18. The highest BCUT2D eigenvalue weighted by atomic mass is 15.2. The van der Waals surface area contributed by atoms with E-state index >= 15 is 0 Å². The number of fused-ring (bicyclic) bond motifs is 1. The fourth-order valence-electron chi connectivity index (χ4n) is 2.64. The molecule has 0 N–H and O–H groups in total. The van der Waals surface area contributed by atoms with Crippen LogP contribution >= 0.6 is 0 Å². The second kappa shape index (κ2) is 4.27. The molecule has 0 bridgehead atoms. The fraction of sp³-hybridized carbons (Fsp3) is 0.438. The Labute approximate surface area is 109 Å². The minimum atomic E-state index is 0.551. The molecule has 1 heterocycles. The highest BCUT2D eigenvalue weighted by Gasteiger charge is 2.28. The third kappa shape index (κ3) is 1.86. The maximum atomic E-state index is 4.59. The lowest BCUT2D eigenvalue weighted by atomic mass is 9.97. The van der Waals surface area contributed by atoms with E-state index in [4.69, 9.17) is 0 Å². The lowest BCUT2D eigenvalue weighted by Gasteiger charge is -2.20. The van der Waals surface area contributed by atoms with E-state index in [1.807, 2.05) is 6.20 Å². The molecule has 18 heavy (non-hydrogen) atoms. The molecule has 0 amide bonds. The molecule has 1 aliphatic rings. The standard InChI is InChI=1S/C16H20N2/c1-11(2)13-5-4-6-15-14(13)9-10-17-16(15)18(3)12-7-8-12/h4-6,9-12H,7-8H2,1-3H3. The zero-order chi connectivity index (χ0) is 12.7. The van der Waals surface area contributed by atoms with Crippen molar-refractivity contribution in [3.63, 3.8) is 0 Å². The molecule has 1 saturated carbocycles. The Morgan fingerprint density at radius 1 is 1.17 bits per heavy atom. The van der Waals surface area contributed by atoms with Crippen LogP contribution in [0.4, 0.5) is 5.82 Å². The van der Waals surface area contributed by atoms with Crippen molar-refractivity contribution in [2.24, 2.45) is 0 Å². The number of aromatic nitrogens is 1. The van der Waals surface area contributed by atoms with Gasteiger partial charge in [0.05, 0.1) is 0 Å². The van der Waals surface area contributed by atoms with Crippen molar-refractivity contribution in [1.82, 2.24) is 4.98 Å². The summed E-state index contributed by atoms with van der Waals surface area (Å²) in [5, 5.41) is 2.64. The molecule has 0 spiro atoms. The molecule has 1 aromatic heterocycles. The minimum absolute atomic E-state index is 0.551. The molecule has 2 aromatic rings. The summed E-state index contributed by atoms with van der Waals surface area (Å²) in [7, 11) is 2.17. The van der Waals surface area contributed by atoms with Gasteiger partial charge in [0.25, 0.3) is 0 Å². The number of hydrogen-bond donors (Lipinski definition) is 0. The van der Waals surface area contributed by atoms with Crippen LogP contribution in [0.25, 0.3) is 10.8 Å². The van der Waals surface area contributed by atoms with Crippen LogP contribution in [0.3, 0.4) is 0 Å². The van der Waals surface area contributed by atoms with Gasteiger partial charge >= 0.3 is 0 Å². The van der Waals surface area contributed by atoms with Gasteiger partial charge in [0.2, 0.25) is 0 Å². The van der Waals surface area contributed by atoms with Crippen molar-refractivity contribution >= 4 is 16.6 Å². The van der Waals surface area contributed by atoms with Crippen LogP contribution in [0.15, 0.2) is 30.5 Å². The van der Waals surface area contributed by atoms with Gasteiger partial charge in [-0.05, 0) is 35.8 Å². The molecule has 0 saturated heterocycles. The van der Waals surface area contributed by atoms with Gasteiger partial charge in [-0.15, -0.1) is 0 Å². The second-order valence-electron chi connectivity index (χ2n) is 5.57. The van der Waals surface area contributed by atoms with E-state index in [0.717, 1.165) is 5.82 Å². The van der Waals surface area contributed by atoms with Crippen molar-refractivity contribution in [1.29, 1.82) is 0 Å². The first kappa shape index (κ1) is 11.5. The number of nitrogens with zero attached hydrogens (tertiary/aromatic N) is 2. The Kier molecular flexibility index (Phi) is 2.73. The van der Waals surface area contributed by atoms with Crippen LogP contribution in [-0.4, -0.2) is 18.1 Å². The first-order valence-corrected chi connectivity index (χ1v) is 6.79. The molecule has 2 nitrogen and oxygen atoms in total. The first-order chi connectivity index (χ1) is 8.68. The molecule has 0 radical (unpaired) electrons. The molecule has 0 aliphatic heterocycles. The molecule has 1 fully saturated rings. The van der Waals surface area contributed by atoms with Crippen molar-refractivity contribution in [3.05, 3.63) is 36.0 Å². The first-order valence-electron chi connectivity index (χ1n) is 6.79. The van der Waals surface area contributed by atoms with Gasteiger partial charge in [0, 0.05) is 24.7 Å². The monoisotopic (exact) mass is 240 g/mol. The van der Waals surface area contributed by atoms with Crippen molar-refractivity contribution in [2.75, 3.05) is 11.9 Å². The number of hydrogen-bond acceptors (Lipinski definition) is 2. The minimum Gasteiger partial charge on any atom is -0.356 e. The molecule has 1 aliphatic carbocycles. The third-order valence-corrected chi connectivity index (χ3v) is 3.87. The van der Waals surface area contributed by atoms with E-state index in [9.17, 15) is 0 Å². The Morgan fingerprint density at radius 2 is 1.94 bits per heavy atom. The number of pyridine rings is 1. The van der Waals surface area contributed by atoms with Crippen LogP contribution in [0.1, 0.15) is 38.2 Å². The maximum absolute atomic E-state index is 4.59. The fourth-order valence-corrected chi connectivity index (χ4v) is 2.64. The highest BCUT2D eigenvalue weighted by molar-refractivity contribution is 5.94. The zero-order valence-electron chi connectivity index (χ0n) is 11.4. The molecule has 2 heteroatoms. The van der Waals surface area contributed by atoms with Gasteiger partial charge in [-0.3, -0.25) is 0 Å². The molecule has 1 aromatic carbocycles. The Bertz CT molecular complexity index is 570. The summed E-state index contributed by atoms with van der Waals surface area (Å²) in [6, 6.07) is 9.43. The largest absolute Gasteiger partial charge is 0.356 e.